The molecule has 4 heteroatoms. The van der Waals surface area contributed by atoms with Crippen LogP contribution in [0.3, 0.4) is 0 Å². The average Bonchev–Trinajstić information content (AvgIpc) is 2.27. The highest BCUT2D eigenvalue weighted by Gasteiger charge is 1.96. The first kappa shape index (κ1) is 7.02. The first-order valence-electron chi connectivity index (χ1n) is 3.22. The molecule has 2 aromatic heterocycles. The van der Waals surface area contributed by atoms with Crippen molar-refractivity contribution in [1.29, 1.82) is 0 Å². The minimum Gasteiger partial charge on any atom is -0.290 e. The Morgan fingerprint density at radius 3 is 3.18 bits per heavy atom. The lowest BCUT2D eigenvalue weighted by Crippen LogP contribution is -1.86. The lowest BCUT2D eigenvalue weighted by atomic mass is 10.6. The van der Waals surface area contributed by atoms with Crippen molar-refractivity contribution in [2.45, 2.75) is 6.92 Å². The summed E-state index contributed by atoms with van der Waals surface area (Å²) in [6.45, 7) is 1.97. The van der Waals surface area contributed by atoms with Crippen LogP contribution in [0.25, 0.3) is 5.65 Å². The molecule has 0 atom stereocenters. The molecule has 0 aliphatic rings. The van der Waals surface area contributed by atoms with Gasteiger partial charge in [-0.2, -0.15) is 0 Å². The van der Waals surface area contributed by atoms with Crippen LogP contribution in [-0.2, 0) is 0 Å². The summed E-state index contributed by atoms with van der Waals surface area (Å²) in [5, 5.41) is 0. The van der Waals surface area contributed by atoms with E-state index in [1.165, 1.54) is 0 Å². The van der Waals surface area contributed by atoms with E-state index in [0.29, 0.717) is 0 Å². The molecule has 0 spiro atoms. The summed E-state index contributed by atoms with van der Waals surface area (Å²) in [6.07, 6.45) is 3.73. The third-order valence-electron chi connectivity index (χ3n) is 1.44. The van der Waals surface area contributed by atoms with E-state index in [-0.39, 0.29) is 0 Å². The quantitative estimate of drug-likeness (QED) is 0.531. The fourth-order valence-corrected chi connectivity index (χ4v) is 1.40. The number of aryl methyl sites for hydroxylation is 1. The summed E-state index contributed by atoms with van der Waals surface area (Å²) in [6, 6.07) is 1.95. The highest BCUT2D eigenvalue weighted by Crippen LogP contribution is 2.06. The van der Waals surface area contributed by atoms with Gasteiger partial charge in [0, 0.05) is 12.3 Å². The number of hydrogen-bond donors (Lipinski definition) is 0. The van der Waals surface area contributed by atoms with Crippen molar-refractivity contribution in [3.63, 3.8) is 0 Å². The van der Waals surface area contributed by atoms with Crippen molar-refractivity contribution < 1.29 is 0 Å². The molecule has 0 N–H and O–H groups in total. The Hall–Kier alpha value is -0.650. The molecule has 0 fully saturated rings. The Bertz CT molecular complexity index is 393. The van der Waals surface area contributed by atoms with E-state index in [9.17, 15) is 0 Å². The molecule has 0 saturated heterocycles. The highest BCUT2D eigenvalue weighted by atomic mass is 127. The molecule has 0 aliphatic carbocycles. The molecule has 0 radical (unpaired) electrons. The zero-order valence-electron chi connectivity index (χ0n) is 5.95. The summed E-state index contributed by atoms with van der Waals surface area (Å²) < 4.78 is 2.89. The number of halogens is 1. The molecule has 11 heavy (non-hydrogen) atoms. The first-order chi connectivity index (χ1) is 5.25. The normalized spacial score (nSPS) is 10.7. The zero-order chi connectivity index (χ0) is 7.84. The molecular weight excluding hydrogens is 253 g/mol. The van der Waals surface area contributed by atoms with Crippen LogP contribution in [0.15, 0.2) is 18.6 Å². The van der Waals surface area contributed by atoms with Gasteiger partial charge < -0.3 is 0 Å². The van der Waals surface area contributed by atoms with E-state index in [1.54, 1.807) is 6.33 Å². The van der Waals surface area contributed by atoms with Gasteiger partial charge in [-0.05, 0) is 29.5 Å². The van der Waals surface area contributed by atoms with Crippen LogP contribution in [0.2, 0.25) is 0 Å². The molecule has 2 rings (SSSR count). The van der Waals surface area contributed by atoms with E-state index in [2.05, 4.69) is 32.6 Å². The van der Waals surface area contributed by atoms with Gasteiger partial charge in [0.25, 0.3) is 0 Å². The van der Waals surface area contributed by atoms with E-state index in [1.807, 2.05) is 23.6 Å². The summed E-state index contributed by atoms with van der Waals surface area (Å²) in [5.41, 5.74) is 1.98. The van der Waals surface area contributed by atoms with Crippen LogP contribution in [0, 0.1) is 10.6 Å². The monoisotopic (exact) mass is 259 g/mol. The molecule has 0 saturated carbocycles. The molecule has 0 bridgehead atoms. The van der Waals surface area contributed by atoms with Crippen LogP contribution in [0.1, 0.15) is 5.69 Å². The van der Waals surface area contributed by atoms with Gasteiger partial charge >= 0.3 is 0 Å². The van der Waals surface area contributed by atoms with Gasteiger partial charge in [0.1, 0.15) is 15.7 Å². The molecular formula is C7H6IN3. The van der Waals surface area contributed by atoms with Gasteiger partial charge in [-0.25, -0.2) is 9.97 Å². The van der Waals surface area contributed by atoms with E-state index >= 15 is 0 Å². The third kappa shape index (κ3) is 1.22. The van der Waals surface area contributed by atoms with Crippen molar-refractivity contribution in [2.24, 2.45) is 0 Å². The first-order valence-corrected chi connectivity index (χ1v) is 4.30. The minimum atomic E-state index is 0.960. The Labute approximate surface area is 77.6 Å². The third-order valence-corrected chi connectivity index (χ3v) is 2.02. The number of aromatic nitrogens is 3. The maximum absolute atomic E-state index is 4.29. The summed E-state index contributed by atoms with van der Waals surface area (Å²) in [7, 11) is 0. The van der Waals surface area contributed by atoms with Crippen molar-refractivity contribution in [3.05, 3.63) is 28.0 Å². The van der Waals surface area contributed by atoms with Crippen LogP contribution >= 0.6 is 22.6 Å². The van der Waals surface area contributed by atoms with Gasteiger partial charge in [0.2, 0.25) is 0 Å². The van der Waals surface area contributed by atoms with Crippen molar-refractivity contribution >= 4 is 28.2 Å². The molecule has 0 amide bonds. The minimum absolute atomic E-state index is 0.960. The number of hydrogen-bond acceptors (Lipinski definition) is 2. The van der Waals surface area contributed by atoms with Gasteiger partial charge in [0.05, 0.1) is 5.69 Å². The van der Waals surface area contributed by atoms with Gasteiger partial charge in [-0.3, -0.25) is 4.40 Å². The molecule has 56 valence electrons. The van der Waals surface area contributed by atoms with E-state index in [4.69, 9.17) is 0 Å². The number of rotatable bonds is 0. The predicted octanol–water partition coefficient (Wildman–Crippen LogP) is 1.64. The summed E-state index contributed by atoms with van der Waals surface area (Å²) in [5.74, 6) is 0. The molecule has 2 heterocycles. The number of nitrogens with zero attached hydrogens (tertiary/aromatic N) is 3. The highest BCUT2D eigenvalue weighted by molar-refractivity contribution is 14.1. The largest absolute Gasteiger partial charge is 0.290 e. The summed E-state index contributed by atoms with van der Waals surface area (Å²) >= 11 is 2.17. The standard InChI is InChI=1S/C7H6IN3/c1-5-3-11-4-9-6(8)2-7(11)10-5/h2-4H,1H3. The Morgan fingerprint density at radius 1 is 1.55 bits per heavy atom. The molecule has 2 aromatic rings. The molecule has 3 nitrogen and oxygen atoms in total. The van der Waals surface area contributed by atoms with Crippen LogP contribution in [-0.4, -0.2) is 14.4 Å². The second-order valence-corrected chi connectivity index (χ2v) is 3.46. The second kappa shape index (κ2) is 2.44. The average molecular weight is 259 g/mol. The van der Waals surface area contributed by atoms with Crippen LogP contribution < -0.4 is 0 Å². The smallest absolute Gasteiger partial charge is 0.140 e. The lowest BCUT2D eigenvalue weighted by Gasteiger charge is -1.90. The zero-order valence-corrected chi connectivity index (χ0v) is 8.11. The Morgan fingerprint density at radius 2 is 2.36 bits per heavy atom. The van der Waals surface area contributed by atoms with Crippen LogP contribution in [0.4, 0.5) is 0 Å². The second-order valence-electron chi connectivity index (χ2n) is 2.36. The maximum Gasteiger partial charge on any atom is 0.140 e. The predicted molar refractivity (Wildman–Crippen MR) is 50.4 cm³/mol. The van der Waals surface area contributed by atoms with Gasteiger partial charge in [0.15, 0.2) is 0 Å². The number of imidazole rings is 1. The van der Waals surface area contributed by atoms with Crippen molar-refractivity contribution in [3.8, 4) is 0 Å². The topological polar surface area (TPSA) is 30.2 Å². The summed E-state index contributed by atoms with van der Waals surface area (Å²) in [4.78, 5) is 8.42. The fourth-order valence-electron chi connectivity index (χ4n) is 0.995. The van der Waals surface area contributed by atoms with Gasteiger partial charge in [-0.15, -0.1) is 0 Å². The Balaban J connectivity index is 2.82. The van der Waals surface area contributed by atoms with E-state index < -0.39 is 0 Å². The molecule has 0 unspecified atom stereocenters. The van der Waals surface area contributed by atoms with Gasteiger partial charge in [-0.1, -0.05) is 0 Å². The maximum atomic E-state index is 4.29. The number of fused-ring (bicyclic) bond motifs is 1. The lowest BCUT2D eigenvalue weighted by molar-refractivity contribution is 1.07. The van der Waals surface area contributed by atoms with E-state index in [0.717, 1.165) is 15.0 Å². The van der Waals surface area contributed by atoms with Crippen molar-refractivity contribution in [2.75, 3.05) is 0 Å². The SMILES string of the molecule is Cc1cn2cnc(I)cc2n1. The van der Waals surface area contributed by atoms with Crippen LogP contribution in [0.5, 0.6) is 0 Å². The fraction of sp³-hybridized carbons (Fsp3) is 0.143. The Kier molecular flexibility index (Phi) is 1.56. The van der Waals surface area contributed by atoms with Crippen molar-refractivity contribution in [1.82, 2.24) is 14.4 Å². The molecule has 0 aliphatic heterocycles. The molecule has 0 aromatic carbocycles.